The Labute approximate surface area is 138 Å². The molecule has 2 unspecified atom stereocenters. The first-order valence-electron chi connectivity index (χ1n) is 8.08. The molecular weight excluding hydrogens is 347 g/mol. The second-order valence-electron chi connectivity index (χ2n) is 7.61. The molecule has 4 fully saturated rings. The maximum Gasteiger partial charge on any atom is 0.304 e. The van der Waals surface area contributed by atoms with E-state index in [1.807, 2.05) is 12.1 Å². The van der Waals surface area contributed by atoms with Gasteiger partial charge in [-0.3, -0.25) is 4.79 Å². The first-order valence-corrected chi connectivity index (χ1v) is 8.87. The summed E-state index contributed by atoms with van der Waals surface area (Å²) in [7, 11) is 0. The van der Waals surface area contributed by atoms with Gasteiger partial charge in [-0.2, -0.15) is 0 Å². The standard InChI is InChI=1S/C18H20BrFO2/c19-17-7-11-5-13(8-17)18(10-16(21)22,14(6-11)9-17)12-1-3-15(20)4-2-12/h1-4,11,13-14H,5-10H2,(H,21,22)/t11?,13-,14?,17+,18+/m1/s1. The summed E-state index contributed by atoms with van der Waals surface area (Å²) in [6.45, 7) is 0. The number of carboxylic acids is 1. The molecule has 1 aromatic carbocycles. The van der Waals surface area contributed by atoms with Crippen molar-refractivity contribution in [2.24, 2.45) is 17.8 Å². The molecule has 118 valence electrons. The molecule has 0 spiro atoms. The first kappa shape index (κ1) is 14.7. The molecule has 22 heavy (non-hydrogen) atoms. The maximum absolute atomic E-state index is 13.3. The number of carbonyl (C=O) groups is 1. The SMILES string of the molecule is O=C(O)C[C@@]1(c2ccc(F)cc2)C2CC3C[C@@H]1C[C@@](Br)(C3)C2. The summed E-state index contributed by atoms with van der Waals surface area (Å²) in [6, 6.07) is 6.60. The van der Waals surface area contributed by atoms with Crippen molar-refractivity contribution in [2.45, 2.75) is 48.3 Å². The monoisotopic (exact) mass is 366 g/mol. The minimum absolute atomic E-state index is 0.170. The van der Waals surface area contributed by atoms with Crippen molar-refractivity contribution < 1.29 is 14.3 Å². The van der Waals surface area contributed by atoms with E-state index in [0.29, 0.717) is 11.8 Å². The van der Waals surface area contributed by atoms with Gasteiger partial charge in [0, 0.05) is 9.74 Å². The summed E-state index contributed by atoms with van der Waals surface area (Å²) < 4.78 is 13.6. The molecule has 1 N–H and O–H groups in total. The van der Waals surface area contributed by atoms with E-state index < -0.39 is 5.97 Å². The Morgan fingerprint density at radius 1 is 1.18 bits per heavy atom. The maximum atomic E-state index is 13.3. The van der Waals surface area contributed by atoms with Gasteiger partial charge < -0.3 is 5.11 Å². The van der Waals surface area contributed by atoms with Crippen molar-refractivity contribution in [3.63, 3.8) is 0 Å². The Morgan fingerprint density at radius 3 is 2.27 bits per heavy atom. The van der Waals surface area contributed by atoms with Crippen LogP contribution < -0.4 is 0 Å². The van der Waals surface area contributed by atoms with E-state index >= 15 is 0 Å². The molecule has 0 heterocycles. The largest absolute Gasteiger partial charge is 0.481 e. The normalized spacial score (nSPS) is 42.5. The van der Waals surface area contributed by atoms with Crippen LogP contribution in [0, 0.1) is 23.6 Å². The number of halogens is 2. The van der Waals surface area contributed by atoms with E-state index in [1.54, 1.807) is 0 Å². The van der Waals surface area contributed by atoms with E-state index in [0.717, 1.165) is 37.2 Å². The molecule has 5 rings (SSSR count). The predicted molar refractivity (Wildman–Crippen MR) is 85.5 cm³/mol. The molecule has 0 amide bonds. The van der Waals surface area contributed by atoms with Gasteiger partial charge in [0.1, 0.15) is 5.82 Å². The highest BCUT2D eigenvalue weighted by Gasteiger charge is 2.62. The van der Waals surface area contributed by atoms with E-state index in [9.17, 15) is 14.3 Å². The lowest BCUT2D eigenvalue weighted by Gasteiger charge is -2.64. The Kier molecular flexibility index (Phi) is 3.20. The second-order valence-corrected chi connectivity index (χ2v) is 9.29. The van der Waals surface area contributed by atoms with Crippen molar-refractivity contribution in [1.29, 1.82) is 0 Å². The average Bonchev–Trinajstić information content (AvgIpc) is 2.42. The van der Waals surface area contributed by atoms with Crippen LogP contribution in [0.15, 0.2) is 24.3 Å². The Bertz CT molecular complexity index is 596. The highest BCUT2D eigenvalue weighted by Crippen LogP contribution is 2.67. The minimum atomic E-state index is -0.736. The second kappa shape index (κ2) is 4.80. The zero-order valence-corrected chi connectivity index (χ0v) is 14.0. The van der Waals surface area contributed by atoms with Gasteiger partial charge in [0.2, 0.25) is 0 Å². The predicted octanol–water partition coefficient (Wildman–Crippen LogP) is 4.51. The molecule has 2 nitrogen and oxygen atoms in total. The number of carboxylic acid groups (broad SMARTS) is 1. The quantitative estimate of drug-likeness (QED) is 0.798. The van der Waals surface area contributed by atoms with Gasteiger partial charge in [-0.25, -0.2) is 4.39 Å². The molecule has 4 aliphatic carbocycles. The van der Waals surface area contributed by atoms with Crippen LogP contribution >= 0.6 is 15.9 Å². The van der Waals surface area contributed by atoms with Crippen LogP contribution in [0.1, 0.15) is 44.1 Å². The van der Waals surface area contributed by atoms with Gasteiger partial charge in [-0.1, -0.05) is 28.1 Å². The van der Waals surface area contributed by atoms with Crippen LogP contribution in [-0.2, 0) is 10.2 Å². The molecule has 0 radical (unpaired) electrons. The lowest BCUT2D eigenvalue weighted by atomic mass is 9.43. The lowest BCUT2D eigenvalue weighted by Crippen LogP contribution is -2.60. The highest BCUT2D eigenvalue weighted by atomic mass is 79.9. The summed E-state index contributed by atoms with van der Waals surface area (Å²) >= 11 is 3.95. The topological polar surface area (TPSA) is 37.3 Å². The summed E-state index contributed by atoms with van der Waals surface area (Å²) in [5.74, 6) is 0.508. The third kappa shape index (κ3) is 2.06. The zero-order valence-electron chi connectivity index (χ0n) is 12.4. The molecule has 4 aliphatic rings. The van der Waals surface area contributed by atoms with Crippen molar-refractivity contribution in [2.75, 3.05) is 0 Å². The highest BCUT2D eigenvalue weighted by molar-refractivity contribution is 9.10. The third-order valence-corrected chi connectivity index (χ3v) is 7.37. The Morgan fingerprint density at radius 2 is 1.77 bits per heavy atom. The van der Waals surface area contributed by atoms with Crippen LogP contribution in [-0.4, -0.2) is 15.4 Å². The third-order valence-electron chi connectivity index (χ3n) is 6.40. The lowest BCUT2D eigenvalue weighted by molar-refractivity contribution is -0.144. The summed E-state index contributed by atoms with van der Waals surface area (Å²) in [6.07, 6.45) is 5.73. The van der Waals surface area contributed by atoms with Gasteiger partial charge in [0.25, 0.3) is 0 Å². The summed E-state index contributed by atoms with van der Waals surface area (Å²) in [5, 5.41) is 9.56. The molecule has 0 saturated heterocycles. The van der Waals surface area contributed by atoms with Crippen LogP contribution in [0.25, 0.3) is 0 Å². The Hall–Kier alpha value is -0.900. The van der Waals surface area contributed by atoms with Gasteiger partial charge in [-0.15, -0.1) is 0 Å². The number of benzene rings is 1. The van der Waals surface area contributed by atoms with Gasteiger partial charge in [0.05, 0.1) is 6.42 Å². The zero-order chi connectivity index (χ0) is 15.5. The smallest absolute Gasteiger partial charge is 0.304 e. The van der Waals surface area contributed by atoms with Crippen molar-refractivity contribution in [3.05, 3.63) is 35.6 Å². The van der Waals surface area contributed by atoms with Gasteiger partial charge in [0.15, 0.2) is 0 Å². The fraction of sp³-hybridized carbons (Fsp3) is 0.611. The van der Waals surface area contributed by atoms with Crippen molar-refractivity contribution >= 4 is 21.9 Å². The van der Waals surface area contributed by atoms with Crippen molar-refractivity contribution in [3.8, 4) is 0 Å². The van der Waals surface area contributed by atoms with Crippen LogP contribution in [0.3, 0.4) is 0 Å². The van der Waals surface area contributed by atoms with Crippen LogP contribution in [0.4, 0.5) is 4.39 Å². The molecular formula is C18H20BrFO2. The molecule has 0 aromatic heterocycles. The summed E-state index contributed by atoms with van der Waals surface area (Å²) in [4.78, 5) is 11.6. The van der Waals surface area contributed by atoms with E-state index in [4.69, 9.17) is 0 Å². The minimum Gasteiger partial charge on any atom is -0.481 e. The molecule has 1 aromatic rings. The molecule has 4 saturated carbocycles. The fourth-order valence-electron chi connectivity index (χ4n) is 5.88. The number of rotatable bonds is 3. The van der Waals surface area contributed by atoms with Gasteiger partial charge in [-0.05, 0) is 67.6 Å². The van der Waals surface area contributed by atoms with E-state index in [1.165, 1.54) is 18.6 Å². The molecule has 0 aliphatic heterocycles. The van der Waals surface area contributed by atoms with Crippen molar-refractivity contribution in [1.82, 2.24) is 0 Å². The van der Waals surface area contributed by atoms with E-state index in [-0.39, 0.29) is 22.0 Å². The number of hydrogen-bond acceptors (Lipinski definition) is 1. The number of aliphatic carboxylic acids is 1. The molecule has 4 heteroatoms. The molecule has 5 atom stereocenters. The van der Waals surface area contributed by atoms with Crippen LogP contribution in [0.2, 0.25) is 0 Å². The van der Waals surface area contributed by atoms with Crippen LogP contribution in [0.5, 0.6) is 0 Å². The number of hydrogen-bond donors (Lipinski definition) is 1. The molecule has 4 bridgehead atoms. The van der Waals surface area contributed by atoms with E-state index in [2.05, 4.69) is 15.9 Å². The summed E-state index contributed by atoms with van der Waals surface area (Å²) in [5.41, 5.74) is 0.717. The van der Waals surface area contributed by atoms with Gasteiger partial charge >= 0.3 is 5.97 Å². The average molecular weight is 367 g/mol. The number of alkyl halides is 1. The fourth-order valence-corrected chi connectivity index (χ4v) is 7.12. The first-order chi connectivity index (χ1) is 10.4. The Balaban J connectivity index is 1.82.